The summed E-state index contributed by atoms with van der Waals surface area (Å²) in [4.78, 5) is 20.6. The molecule has 0 aliphatic heterocycles. The Morgan fingerprint density at radius 3 is 1.70 bits per heavy atom. The van der Waals surface area contributed by atoms with Crippen molar-refractivity contribution >= 4 is 50.0 Å². The zero-order valence-electron chi connectivity index (χ0n) is 33.0. The third-order valence-corrected chi connectivity index (χ3v) is 10.9. The molecule has 0 radical (unpaired) electrons. The van der Waals surface area contributed by atoms with Gasteiger partial charge >= 0.3 is 0 Å². The molecular formula is C55H38N4O. The van der Waals surface area contributed by atoms with Crippen LogP contribution in [0.15, 0.2) is 221 Å². The number of para-hydroxylation sites is 1. The number of aromatic nitrogens is 2. The molecule has 0 aliphatic carbocycles. The summed E-state index contributed by atoms with van der Waals surface area (Å²) in [6.45, 7) is 6.40. The fourth-order valence-corrected chi connectivity index (χ4v) is 7.89. The smallest absolute Gasteiger partial charge is 0.160 e. The van der Waals surface area contributed by atoms with Crippen molar-refractivity contribution in [2.45, 2.75) is 6.92 Å². The normalized spacial score (nSPS) is 12.0. The van der Waals surface area contributed by atoms with E-state index >= 15 is 0 Å². The Labute approximate surface area is 348 Å². The van der Waals surface area contributed by atoms with Gasteiger partial charge in [-0.05, 0) is 58.7 Å². The molecule has 0 spiro atoms. The molecule has 5 heteroatoms. The van der Waals surface area contributed by atoms with Gasteiger partial charge in [-0.25, -0.2) is 20.0 Å². The molecule has 0 atom stereocenters. The number of hydrogen-bond acceptors (Lipinski definition) is 4. The molecule has 0 saturated heterocycles. The van der Waals surface area contributed by atoms with Crippen LogP contribution in [0.3, 0.4) is 0 Å². The molecule has 0 aliphatic rings. The fraction of sp³-hybridized carbons (Fsp3) is 0.0182. The van der Waals surface area contributed by atoms with Crippen LogP contribution >= 0.6 is 0 Å². The van der Waals surface area contributed by atoms with E-state index < -0.39 is 0 Å². The van der Waals surface area contributed by atoms with Crippen LogP contribution in [0, 0.1) is 0 Å². The first-order valence-corrected chi connectivity index (χ1v) is 20.0. The molecule has 10 aromatic rings. The van der Waals surface area contributed by atoms with Crippen molar-refractivity contribution in [2.75, 3.05) is 0 Å². The van der Waals surface area contributed by atoms with Crippen molar-refractivity contribution in [1.82, 2.24) is 9.97 Å². The summed E-state index contributed by atoms with van der Waals surface area (Å²) in [5.41, 5.74) is 12.7. The Kier molecular flexibility index (Phi) is 9.52. The van der Waals surface area contributed by atoms with Gasteiger partial charge in [-0.3, -0.25) is 0 Å². The average Bonchev–Trinajstić information content (AvgIpc) is 3.69. The van der Waals surface area contributed by atoms with Crippen LogP contribution in [0.2, 0.25) is 0 Å². The number of fused-ring (bicyclic) bond motifs is 4. The van der Waals surface area contributed by atoms with Gasteiger partial charge in [0.15, 0.2) is 11.7 Å². The van der Waals surface area contributed by atoms with Crippen molar-refractivity contribution in [3.63, 3.8) is 0 Å². The van der Waals surface area contributed by atoms with E-state index in [2.05, 4.69) is 98.4 Å². The molecule has 2 aromatic heterocycles. The van der Waals surface area contributed by atoms with Gasteiger partial charge in [0.2, 0.25) is 0 Å². The van der Waals surface area contributed by atoms with Gasteiger partial charge in [0.05, 0.1) is 17.1 Å². The van der Waals surface area contributed by atoms with E-state index in [1.54, 1.807) is 0 Å². The second kappa shape index (κ2) is 15.7. The largest absolute Gasteiger partial charge is 0.456 e. The van der Waals surface area contributed by atoms with E-state index in [-0.39, 0.29) is 0 Å². The molecule has 2 heterocycles. The third kappa shape index (κ3) is 6.99. The van der Waals surface area contributed by atoms with Gasteiger partial charge in [-0.2, -0.15) is 0 Å². The highest BCUT2D eigenvalue weighted by atomic mass is 16.3. The van der Waals surface area contributed by atoms with Crippen molar-refractivity contribution in [1.29, 1.82) is 0 Å². The van der Waals surface area contributed by atoms with Crippen molar-refractivity contribution in [2.24, 2.45) is 9.98 Å². The Hall–Kier alpha value is -8.02. The topological polar surface area (TPSA) is 63.6 Å². The molecule has 0 amide bonds. The zero-order chi connectivity index (χ0) is 40.4. The first kappa shape index (κ1) is 36.3. The number of benzene rings is 8. The van der Waals surface area contributed by atoms with E-state index in [0.29, 0.717) is 17.4 Å². The lowest BCUT2D eigenvalue weighted by atomic mass is 9.89. The number of aliphatic imine (C=N–C) groups is 2. The summed E-state index contributed by atoms with van der Waals surface area (Å²) < 4.78 is 6.52. The minimum atomic E-state index is 0.581. The first-order chi connectivity index (χ1) is 29.6. The van der Waals surface area contributed by atoms with E-state index in [4.69, 9.17) is 24.4 Å². The van der Waals surface area contributed by atoms with Crippen LogP contribution in [-0.2, 0) is 0 Å². The molecule has 8 aromatic carbocycles. The minimum absolute atomic E-state index is 0.581. The third-order valence-electron chi connectivity index (χ3n) is 10.9. The highest BCUT2D eigenvalue weighted by Gasteiger charge is 2.20. The summed E-state index contributed by atoms with van der Waals surface area (Å²) in [7, 11) is 0. The maximum atomic E-state index is 6.52. The number of furan rings is 1. The Morgan fingerprint density at radius 1 is 0.450 bits per heavy atom. The summed E-state index contributed by atoms with van der Waals surface area (Å²) >= 11 is 0. The predicted molar refractivity (Wildman–Crippen MR) is 249 cm³/mol. The Bertz CT molecular complexity index is 3200. The van der Waals surface area contributed by atoms with Crippen molar-refractivity contribution < 1.29 is 4.42 Å². The summed E-state index contributed by atoms with van der Waals surface area (Å²) in [6.07, 6.45) is 0. The lowest BCUT2D eigenvalue weighted by molar-refractivity contribution is 0.669. The summed E-state index contributed by atoms with van der Waals surface area (Å²) in [5, 5.41) is 4.22. The summed E-state index contributed by atoms with van der Waals surface area (Å²) in [6, 6.07) is 68.1. The zero-order valence-corrected chi connectivity index (χ0v) is 33.0. The molecule has 284 valence electrons. The van der Waals surface area contributed by atoms with Crippen molar-refractivity contribution in [3.05, 3.63) is 223 Å². The molecule has 5 nitrogen and oxygen atoms in total. The van der Waals surface area contributed by atoms with Gasteiger partial charge in [0.25, 0.3) is 0 Å². The molecule has 60 heavy (non-hydrogen) atoms. The highest BCUT2D eigenvalue weighted by Crippen LogP contribution is 2.41. The van der Waals surface area contributed by atoms with Gasteiger partial charge in [0.1, 0.15) is 11.2 Å². The molecule has 0 unspecified atom stereocenters. The number of amidine groups is 1. The second-order valence-electron chi connectivity index (χ2n) is 14.7. The maximum Gasteiger partial charge on any atom is 0.160 e. The van der Waals surface area contributed by atoms with E-state index in [9.17, 15) is 0 Å². The van der Waals surface area contributed by atoms with Crippen LogP contribution in [0.4, 0.5) is 0 Å². The number of rotatable bonds is 8. The molecule has 0 bridgehead atoms. The van der Waals surface area contributed by atoms with E-state index in [1.807, 2.05) is 115 Å². The van der Waals surface area contributed by atoms with E-state index in [0.717, 1.165) is 94.3 Å². The quantitative estimate of drug-likeness (QED) is 0.114. The van der Waals surface area contributed by atoms with Crippen LogP contribution in [0.5, 0.6) is 0 Å². The fourth-order valence-electron chi connectivity index (χ4n) is 7.89. The molecular weight excluding hydrogens is 733 g/mol. The maximum absolute atomic E-state index is 6.52. The lowest BCUT2D eigenvalue weighted by Crippen LogP contribution is -2.06. The number of nitrogens with zero attached hydrogens (tertiary/aromatic N) is 4. The number of hydrogen-bond donors (Lipinski definition) is 0. The summed E-state index contributed by atoms with van der Waals surface area (Å²) in [5.74, 6) is 1.26. The van der Waals surface area contributed by atoms with Gasteiger partial charge in [0, 0.05) is 44.3 Å². The van der Waals surface area contributed by atoms with Gasteiger partial charge in [-0.15, -0.1) is 0 Å². The molecule has 0 N–H and O–H groups in total. The van der Waals surface area contributed by atoms with Gasteiger partial charge < -0.3 is 4.42 Å². The Balaban J connectivity index is 1.18. The lowest BCUT2D eigenvalue weighted by Gasteiger charge is -2.16. The van der Waals surface area contributed by atoms with Crippen LogP contribution in [0.1, 0.15) is 23.6 Å². The van der Waals surface area contributed by atoms with Crippen molar-refractivity contribution in [3.8, 4) is 45.0 Å². The molecule has 0 saturated carbocycles. The van der Waals surface area contributed by atoms with Crippen LogP contribution in [0.25, 0.3) is 83.4 Å². The van der Waals surface area contributed by atoms with Crippen LogP contribution < -0.4 is 0 Å². The van der Waals surface area contributed by atoms with Gasteiger partial charge in [-0.1, -0.05) is 183 Å². The predicted octanol–water partition coefficient (Wildman–Crippen LogP) is 14.1. The van der Waals surface area contributed by atoms with E-state index in [1.165, 1.54) is 0 Å². The second-order valence-corrected chi connectivity index (χ2v) is 14.7. The van der Waals surface area contributed by atoms with Crippen LogP contribution in [-0.4, -0.2) is 21.5 Å². The Morgan fingerprint density at radius 2 is 1.00 bits per heavy atom. The monoisotopic (exact) mass is 770 g/mol. The minimum Gasteiger partial charge on any atom is -0.456 e. The average molecular weight is 771 g/mol. The highest BCUT2D eigenvalue weighted by molar-refractivity contribution is 6.19. The molecule has 0 fully saturated rings. The molecule has 10 rings (SSSR count). The standard InChI is InChI=1S/C55H38N4O/c1-36(38-19-7-3-8-20-38)56-54(40-23-11-5-12-24-40)57-37(2)47-33-49-46-29-17-18-30-52(46)60-53(49)34-48(47)44-31-32-45(43-28-16-15-27-42(43)44)51-35-50(39-21-9-4-10-22-39)58-55(59-51)41-25-13-6-14-26-41/h3-35H,1H2,2H3. The SMILES string of the molecule is C=C(N=C(N=C(C)c1cc2c(cc1-c1ccc(-c3cc(-c4ccccc4)nc(-c4ccccc4)n3)c3ccccc13)oc1ccccc12)c1ccccc1)c1ccccc1. The first-order valence-electron chi connectivity index (χ1n) is 20.0.